The third-order valence-corrected chi connectivity index (χ3v) is 3.03. The first-order valence-electron chi connectivity index (χ1n) is 4.57. The Hall–Kier alpha value is -0.860. The molecule has 0 aliphatic heterocycles. The van der Waals surface area contributed by atoms with Crippen LogP contribution in [0.1, 0.15) is 5.56 Å². The van der Waals surface area contributed by atoms with E-state index >= 15 is 0 Å². The molecule has 1 aromatic carbocycles. The second kappa shape index (κ2) is 4.77. The van der Waals surface area contributed by atoms with Gasteiger partial charge in [0, 0.05) is 17.1 Å². The standard InChI is InChI=1S/C12H9BrClN/c13-7-9-6-11(14)12(15-8-9)10-4-2-1-3-5-10/h1-6,8H,7H2. The fourth-order valence-corrected chi connectivity index (χ4v) is 1.96. The minimum atomic E-state index is 0.693. The first kappa shape index (κ1) is 10.7. The van der Waals surface area contributed by atoms with Gasteiger partial charge in [-0.15, -0.1) is 0 Å². The molecule has 2 rings (SSSR count). The van der Waals surface area contributed by atoms with Gasteiger partial charge in [-0.2, -0.15) is 0 Å². The van der Waals surface area contributed by atoms with Crippen LogP contribution in [0, 0.1) is 0 Å². The molecule has 0 spiro atoms. The first-order valence-corrected chi connectivity index (χ1v) is 6.07. The lowest BCUT2D eigenvalue weighted by Gasteiger charge is -2.04. The van der Waals surface area contributed by atoms with Crippen molar-refractivity contribution < 1.29 is 0 Å². The van der Waals surface area contributed by atoms with E-state index < -0.39 is 0 Å². The molecule has 76 valence electrons. The van der Waals surface area contributed by atoms with Crippen molar-refractivity contribution in [2.45, 2.75) is 5.33 Å². The molecule has 0 aliphatic carbocycles. The molecule has 0 saturated carbocycles. The summed E-state index contributed by atoms with van der Waals surface area (Å²) in [5, 5.41) is 1.47. The van der Waals surface area contributed by atoms with Gasteiger partial charge >= 0.3 is 0 Å². The molecule has 2 aromatic rings. The Balaban J connectivity index is 2.46. The molecular formula is C12H9BrClN. The Morgan fingerprint density at radius 2 is 1.93 bits per heavy atom. The van der Waals surface area contributed by atoms with Crippen molar-refractivity contribution in [3.63, 3.8) is 0 Å². The summed E-state index contributed by atoms with van der Waals surface area (Å²) >= 11 is 9.53. The highest BCUT2D eigenvalue weighted by molar-refractivity contribution is 9.08. The van der Waals surface area contributed by atoms with Crippen LogP contribution in [-0.4, -0.2) is 4.98 Å². The van der Waals surface area contributed by atoms with E-state index in [2.05, 4.69) is 20.9 Å². The lowest BCUT2D eigenvalue weighted by molar-refractivity contribution is 1.26. The van der Waals surface area contributed by atoms with Gasteiger partial charge in [0.2, 0.25) is 0 Å². The minimum absolute atomic E-state index is 0.693. The molecule has 0 fully saturated rings. The van der Waals surface area contributed by atoms with Crippen molar-refractivity contribution in [3.05, 3.63) is 53.2 Å². The van der Waals surface area contributed by atoms with Crippen LogP contribution in [0.4, 0.5) is 0 Å². The van der Waals surface area contributed by atoms with Gasteiger partial charge in [-0.1, -0.05) is 57.9 Å². The number of rotatable bonds is 2. The highest BCUT2D eigenvalue weighted by atomic mass is 79.9. The van der Waals surface area contributed by atoms with Crippen molar-refractivity contribution in [1.82, 2.24) is 4.98 Å². The zero-order valence-corrected chi connectivity index (χ0v) is 10.3. The predicted molar refractivity (Wildman–Crippen MR) is 67.3 cm³/mol. The number of pyridine rings is 1. The van der Waals surface area contributed by atoms with E-state index in [9.17, 15) is 0 Å². The molecular weight excluding hydrogens is 273 g/mol. The number of nitrogens with zero attached hydrogens (tertiary/aromatic N) is 1. The van der Waals surface area contributed by atoms with Crippen LogP contribution < -0.4 is 0 Å². The fourth-order valence-electron chi connectivity index (χ4n) is 1.36. The third kappa shape index (κ3) is 2.39. The number of benzene rings is 1. The summed E-state index contributed by atoms with van der Waals surface area (Å²) in [6, 6.07) is 11.9. The predicted octanol–water partition coefficient (Wildman–Crippen LogP) is 4.30. The Bertz CT molecular complexity index is 456. The number of alkyl halides is 1. The van der Waals surface area contributed by atoms with E-state index in [0.29, 0.717) is 5.02 Å². The summed E-state index contributed by atoms with van der Waals surface area (Å²) in [6.07, 6.45) is 1.84. The fraction of sp³-hybridized carbons (Fsp3) is 0.0833. The molecule has 0 amide bonds. The second-order valence-electron chi connectivity index (χ2n) is 3.17. The molecule has 0 saturated heterocycles. The second-order valence-corrected chi connectivity index (χ2v) is 4.14. The van der Waals surface area contributed by atoms with Gasteiger partial charge in [0.25, 0.3) is 0 Å². The van der Waals surface area contributed by atoms with Crippen LogP contribution in [0.3, 0.4) is 0 Å². The van der Waals surface area contributed by atoms with Crippen molar-refractivity contribution in [1.29, 1.82) is 0 Å². The molecule has 1 heterocycles. The Kier molecular flexibility index (Phi) is 3.39. The lowest BCUT2D eigenvalue weighted by atomic mass is 10.1. The summed E-state index contributed by atoms with van der Waals surface area (Å²) in [7, 11) is 0. The third-order valence-electron chi connectivity index (χ3n) is 2.10. The Morgan fingerprint density at radius 1 is 1.20 bits per heavy atom. The van der Waals surface area contributed by atoms with Gasteiger partial charge in [0.15, 0.2) is 0 Å². The van der Waals surface area contributed by atoms with Crippen molar-refractivity contribution in [3.8, 4) is 11.3 Å². The first-order chi connectivity index (χ1) is 7.31. The van der Waals surface area contributed by atoms with Crippen LogP contribution in [-0.2, 0) is 5.33 Å². The van der Waals surface area contributed by atoms with Gasteiger partial charge in [-0.3, -0.25) is 4.98 Å². The molecule has 0 N–H and O–H groups in total. The zero-order chi connectivity index (χ0) is 10.7. The van der Waals surface area contributed by atoms with Crippen molar-refractivity contribution in [2.24, 2.45) is 0 Å². The van der Waals surface area contributed by atoms with Gasteiger partial charge < -0.3 is 0 Å². The Labute approximate surface area is 102 Å². The van der Waals surface area contributed by atoms with E-state index in [1.54, 1.807) is 0 Å². The van der Waals surface area contributed by atoms with Gasteiger partial charge in [-0.25, -0.2) is 0 Å². The zero-order valence-electron chi connectivity index (χ0n) is 7.95. The summed E-state index contributed by atoms with van der Waals surface area (Å²) in [6.45, 7) is 0. The number of aromatic nitrogens is 1. The van der Waals surface area contributed by atoms with Crippen molar-refractivity contribution in [2.75, 3.05) is 0 Å². The summed E-state index contributed by atoms with van der Waals surface area (Å²) in [4.78, 5) is 4.36. The quantitative estimate of drug-likeness (QED) is 0.749. The number of hydrogen-bond donors (Lipinski definition) is 0. The normalized spacial score (nSPS) is 10.3. The summed E-state index contributed by atoms with van der Waals surface area (Å²) < 4.78 is 0. The van der Waals surface area contributed by atoms with Gasteiger partial charge in [0.1, 0.15) is 0 Å². The maximum Gasteiger partial charge on any atom is 0.0888 e. The van der Waals surface area contributed by atoms with E-state index in [1.165, 1.54) is 0 Å². The van der Waals surface area contributed by atoms with E-state index in [0.717, 1.165) is 22.2 Å². The molecule has 0 atom stereocenters. The maximum absolute atomic E-state index is 6.16. The molecule has 0 unspecified atom stereocenters. The van der Waals surface area contributed by atoms with Crippen LogP contribution >= 0.6 is 27.5 Å². The molecule has 0 bridgehead atoms. The SMILES string of the molecule is Clc1cc(CBr)cnc1-c1ccccc1. The number of hydrogen-bond acceptors (Lipinski definition) is 1. The average molecular weight is 283 g/mol. The summed E-state index contributed by atoms with van der Waals surface area (Å²) in [5.74, 6) is 0. The smallest absolute Gasteiger partial charge is 0.0888 e. The largest absolute Gasteiger partial charge is 0.254 e. The van der Waals surface area contributed by atoms with Crippen LogP contribution in [0.15, 0.2) is 42.6 Å². The van der Waals surface area contributed by atoms with Crippen molar-refractivity contribution >= 4 is 27.5 Å². The minimum Gasteiger partial charge on any atom is -0.254 e. The van der Waals surface area contributed by atoms with Gasteiger partial charge in [0.05, 0.1) is 10.7 Å². The maximum atomic E-state index is 6.16. The summed E-state index contributed by atoms with van der Waals surface area (Å²) in [5.41, 5.74) is 2.96. The topological polar surface area (TPSA) is 12.9 Å². The molecule has 1 aromatic heterocycles. The molecule has 0 radical (unpaired) electrons. The molecule has 0 aliphatic rings. The average Bonchev–Trinajstić information content (AvgIpc) is 2.30. The van der Waals surface area contributed by atoms with E-state index in [-0.39, 0.29) is 0 Å². The number of halogens is 2. The Morgan fingerprint density at radius 3 is 2.53 bits per heavy atom. The molecule has 15 heavy (non-hydrogen) atoms. The highest BCUT2D eigenvalue weighted by Gasteiger charge is 2.04. The molecule has 1 nitrogen and oxygen atoms in total. The van der Waals surface area contributed by atoms with Crippen LogP contribution in [0.25, 0.3) is 11.3 Å². The van der Waals surface area contributed by atoms with Crippen LogP contribution in [0.5, 0.6) is 0 Å². The van der Waals surface area contributed by atoms with E-state index in [4.69, 9.17) is 11.6 Å². The molecule has 3 heteroatoms. The monoisotopic (exact) mass is 281 g/mol. The van der Waals surface area contributed by atoms with E-state index in [1.807, 2.05) is 42.6 Å². The highest BCUT2D eigenvalue weighted by Crippen LogP contribution is 2.26. The van der Waals surface area contributed by atoms with Gasteiger partial charge in [-0.05, 0) is 11.6 Å². The van der Waals surface area contributed by atoms with Crippen LogP contribution in [0.2, 0.25) is 5.02 Å². The lowest BCUT2D eigenvalue weighted by Crippen LogP contribution is -1.87.